The first kappa shape index (κ1) is 14.7. The van der Waals surface area contributed by atoms with Crippen LogP contribution < -0.4 is 16.2 Å². The van der Waals surface area contributed by atoms with Gasteiger partial charge in [-0.05, 0) is 38.0 Å². The molecule has 0 bridgehead atoms. The van der Waals surface area contributed by atoms with E-state index in [2.05, 4.69) is 5.32 Å². The molecular weight excluding hydrogens is 254 g/mol. The summed E-state index contributed by atoms with van der Waals surface area (Å²) < 4.78 is 22.5. The van der Waals surface area contributed by atoms with Crippen LogP contribution in [-0.4, -0.2) is 26.2 Å². The lowest BCUT2D eigenvalue weighted by Crippen LogP contribution is -2.18. The molecule has 0 fully saturated rings. The molecule has 0 saturated carbocycles. The highest BCUT2D eigenvalue weighted by atomic mass is 32.2. The van der Waals surface area contributed by atoms with Crippen molar-refractivity contribution in [1.82, 2.24) is 0 Å². The van der Waals surface area contributed by atoms with E-state index in [4.69, 9.17) is 16.0 Å². The van der Waals surface area contributed by atoms with Gasteiger partial charge in [0.2, 0.25) is 10.0 Å². The van der Waals surface area contributed by atoms with E-state index >= 15 is 0 Å². The Morgan fingerprint density at radius 1 is 1.44 bits per heavy atom. The molecule has 0 aliphatic carbocycles. The lowest BCUT2D eigenvalue weighted by Gasteiger charge is -2.17. The van der Waals surface area contributed by atoms with Gasteiger partial charge >= 0.3 is 0 Å². The number of anilines is 2. The number of aliphatic hydroxyl groups excluding tert-OH is 1. The summed E-state index contributed by atoms with van der Waals surface area (Å²) in [6, 6.07) is 4.37. The molecule has 1 aromatic carbocycles. The van der Waals surface area contributed by atoms with Crippen molar-refractivity contribution >= 4 is 21.4 Å². The van der Waals surface area contributed by atoms with Gasteiger partial charge in [0.05, 0.1) is 16.3 Å². The molecule has 0 heterocycles. The van der Waals surface area contributed by atoms with Gasteiger partial charge < -0.3 is 16.2 Å². The second kappa shape index (κ2) is 6.03. The Morgan fingerprint density at radius 3 is 2.67 bits per heavy atom. The molecule has 0 radical (unpaired) electrons. The van der Waals surface area contributed by atoms with E-state index in [1.165, 1.54) is 18.2 Å². The summed E-state index contributed by atoms with van der Waals surface area (Å²) in [6.07, 6.45) is 1.43. The summed E-state index contributed by atoms with van der Waals surface area (Å²) in [4.78, 5) is 0.0218. The molecule has 1 aromatic rings. The fraction of sp³-hybridized carbons (Fsp3) is 0.455. The minimum absolute atomic E-state index is 0.0218. The van der Waals surface area contributed by atoms with E-state index in [0.29, 0.717) is 17.8 Å². The summed E-state index contributed by atoms with van der Waals surface area (Å²) in [5.41, 5.74) is 6.75. The van der Waals surface area contributed by atoms with Crippen LogP contribution in [0.3, 0.4) is 0 Å². The standard InChI is InChI=1S/C11H19N3O3S/c1-8(3-2-6-15)14-11-7-9(18(13,16)17)4-5-10(11)12/h4-5,7-8,14-15H,2-3,6,12H2,1H3,(H2,13,16,17). The van der Waals surface area contributed by atoms with E-state index in [1.807, 2.05) is 6.92 Å². The van der Waals surface area contributed by atoms with Gasteiger partial charge in [-0.3, -0.25) is 0 Å². The first-order chi connectivity index (χ1) is 8.34. The molecule has 18 heavy (non-hydrogen) atoms. The molecule has 0 aromatic heterocycles. The maximum atomic E-state index is 11.2. The SMILES string of the molecule is CC(CCCO)Nc1cc(S(N)(=O)=O)ccc1N. The van der Waals surface area contributed by atoms with Gasteiger partial charge in [-0.25, -0.2) is 13.6 Å². The molecule has 1 unspecified atom stereocenters. The van der Waals surface area contributed by atoms with Crippen molar-refractivity contribution in [3.8, 4) is 0 Å². The van der Waals surface area contributed by atoms with Crippen molar-refractivity contribution in [3.05, 3.63) is 18.2 Å². The van der Waals surface area contributed by atoms with Crippen molar-refractivity contribution in [2.75, 3.05) is 17.7 Å². The maximum Gasteiger partial charge on any atom is 0.238 e. The number of hydrogen-bond acceptors (Lipinski definition) is 5. The number of sulfonamides is 1. The number of rotatable bonds is 6. The van der Waals surface area contributed by atoms with Crippen LogP contribution in [0.1, 0.15) is 19.8 Å². The van der Waals surface area contributed by atoms with Gasteiger partial charge in [-0.15, -0.1) is 0 Å². The molecule has 7 heteroatoms. The average Bonchev–Trinajstić information content (AvgIpc) is 2.28. The largest absolute Gasteiger partial charge is 0.397 e. The van der Waals surface area contributed by atoms with Gasteiger partial charge in [0.25, 0.3) is 0 Å². The van der Waals surface area contributed by atoms with E-state index in [1.54, 1.807) is 0 Å². The number of nitrogen functional groups attached to an aromatic ring is 1. The minimum Gasteiger partial charge on any atom is -0.397 e. The first-order valence-electron chi connectivity index (χ1n) is 5.64. The Labute approximate surface area is 107 Å². The van der Waals surface area contributed by atoms with Crippen LogP contribution in [0.15, 0.2) is 23.1 Å². The number of nitrogens with one attached hydrogen (secondary N) is 1. The van der Waals surface area contributed by atoms with Crippen LogP contribution in [0.5, 0.6) is 0 Å². The maximum absolute atomic E-state index is 11.2. The van der Waals surface area contributed by atoms with Crippen LogP contribution in [-0.2, 0) is 10.0 Å². The highest BCUT2D eigenvalue weighted by Crippen LogP contribution is 2.23. The summed E-state index contributed by atoms with van der Waals surface area (Å²) in [7, 11) is -3.73. The molecule has 6 N–H and O–H groups in total. The first-order valence-corrected chi connectivity index (χ1v) is 7.19. The smallest absolute Gasteiger partial charge is 0.238 e. The minimum atomic E-state index is -3.73. The molecule has 1 atom stereocenters. The van der Waals surface area contributed by atoms with Gasteiger partial charge in [0.1, 0.15) is 0 Å². The zero-order valence-electron chi connectivity index (χ0n) is 10.3. The Bertz CT molecular complexity index is 502. The summed E-state index contributed by atoms with van der Waals surface area (Å²) >= 11 is 0. The van der Waals surface area contributed by atoms with E-state index in [-0.39, 0.29) is 17.5 Å². The molecule has 0 aliphatic rings. The third kappa shape index (κ3) is 4.17. The Kier molecular flexibility index (Phi) is 4.94. The Hall–Kier alpha value is -1.31. The molecule has 1 rings (SSSR count). The lowest BCUT2D eigenvalue weighted by atomic mass is 10.1. The Morgan fingerprint density at radius 2 is 2.11 bits per heavy atom. The van der Waals surface area contributed by atoms with Crippen LogP contribution >= 0.6 is 0 Å². The fourth-order valence-electron chi connectivity index (χ4n) is 1.57. The van der Waals surface area contributed by atoms with E-state index in [0.717, 1.165) is 6.42 Å². The number of primary sulfonamides is 1. The van der Waals surface area contributed by atoms with Crippen LogP contribution in [0, 0.1) is 0 Å². The topological polar surface area (TPSA) is 118 Å². The summed E-state index contributed by atoms with van der Waals surface area (Å²) in [5.74, 6) is 0. The predicted octanol–water partition coefficient (Wildman–Crippen LogP) is 0.489. The fourth-order valence-corrected chi connectivity index (χ4v) is 2.11. The molecule has 0 saturated heterocycles. The van der Waals surface area contributed by atoms with Crippen LogP contribution in [0.2, 0.25) is 0 Å². The van der Waals surface area contributed by atoms with E-state index < -0.39 is 10.0 Å². The zero-order valence-corrected chi connectivity index (χ0v) is 11.1. The third-order valence-electron chi connectivity index (χ3n) is 2.55. The molecule has 0 amide bonds. The number of aliphatic hydroxyl groups is 1. The highest BCUT2D eigenvalue weighted by Gasteiger charge is 2.11. The van der Waals surface area contributed by atoms with Crippen molar-refractivity contribution < 1.29 is 13.5 Å². The van der Waals surface area contributed by atoms with Crippen LogP contribution in [0.25, 0.3) is 0 Å². The monoisotopic (exact) mass is 273 g/mol. The molecule has 6 nitrogen and oxygen atoms in total. The quantitative estimate of drug-likeness (QED) is 0.562. The van der Waals surface area contributed by atoms with Crippen molar-refractivity contribution in [2.45, 2.75) is 30.7 Å². The highest BCUT2D eigenvalue weighted by molar-refractivity contribution is 7.89. The van der Waals surface area contributed by atoms with Crippen molar-refractivity contribution in [3.63, 3.8) is 0 Å². The average molecular weight is 273 g/mol. The predicted molar refractivity (Wildman–Crippen MR) is 71.6 cm³/mol. The van der Waals surface area contributed by atoms with Gasteiger partial charge in [-0.2, -0.15) is 0 Å². The Balaban J connectivity index is 2.88. The third-order valence-corrected chi connectivity index (χ3v) is 3.46. The van der Waals surface area contributed by atoms with E-state index in [9.17, 15) is 8.42 Å². The van der Waals surface area contributed by atoms with Gasteiger partial charge in [0, 0.05) is 12.6 Å². The second-order valence-electron chi connectivity index (χ2n) is 4.21. The van der Waals surface area contributed by atoms with Gasteiger partial charge in [0.15, 0.2) is 0 Å². The van der Waals surface area contributed by atoms with Crippen LogP contribution in [0.4, 0.5) is 11.4 Å². The summed E-state index contributed by atoms with van der Waals surface area (Å²) in [6.45, 7) is 2.05. The van der Waals surface area contributed by atoms with Crippen molar-refractivity contribution in [2.24, 2.45) is 5.14 Å². The number of benzene rings is 1. The molecule has 102 valence electrons. The summed E-state index contributed by atoms with van der Waals surface area (Å²) in [5, 5.41) is 16.9. The molecule has 0 aliphatic heterocycles. The number of nitrogens with two attached hydrogens (primary N) is 2. The lowest BCUT2D eigenvalue weighted by molar-refractivity contribution is 0.282. The number of hydrogen-bond donors (Lipinski definition) is 4. The molecule has 0 spiro atoms. The van der Waals surface area contributed by atoms with Gasteiger partial charge in [-0.1, -0.05) is 0 Å². The van der Waals surface area contributed by atoms with Crippen molar-refractivity contribution in [1.29, 1.82) is 0 Å². The zero-order chi connectivity index (χ0) is 13.8. The normalized spacial score (nSPS) is 13.3. The molecular formula is C11H19N3O3S. The second-order valence-corrected chi connectivity index (χ2v) is 5.77.